The van der Waals surface area contributed by atoms with Gasteiger partial charge in [0, 0.05) is 45.6 Å². The molecule has 17 heteroatoms. The first-order valence-corrected chi connectivity index (χ1v) is 18.8. The molecule has 2 atom stereocenters. The van der Waals surface area contributed by atoms with Crippen LogP contribution in [0.2, 0.25) is 10.0 Å². The van der Waals surface area contributed by atoms with E-state index in [2.05, 4.69) is 27.0 Å². The fraction of sp³-hybridized carbons (Fsp3) is 0.541. The maximum absolute atomic E-state index is 14.2. The summed E-state index contributed by atoms with van der Waals surface area (Å²) in [7, 11) is 0. The summed E-state index contributed by atoms with van der Waals surface area (Å²) in [5.41, 5.74) is 4.81. The monoisotopic (exact) mass is 802 g/mol. The van der Waals surface area contributed by atoms with Gasteiger partial charge in [-0.15, -0.1) is 0 Å². The first-order valence-electron chi connectivity index (χ1n) is 18.0. The Morgan fingerprint density at radius 3 is 2.19 bits per heavy atom. The molecular weight excluding hydrogens is 752 g/mol. The number of aliphatic carboxylic acids is 1. The lowest BCUT2D eigenvalue weighted by molar-refractivity contribution is -0.368. The molecule has 0 radical (unpaired) electrons. The van der Waals surface area contributed by atoms with Crippen LogP contribution in [0.15, 0.2) is 48.5 Å². The zero-order valence-electron chi connectivity index (χ0n) is 30.5. The van der Waals surface area contributed by atoms with E-state index in [4.69, 9.17) is 33.1 Å². The zero-order valence-corrected chi connectivity index (χ0v) is 32.0. The Labute approximate surface area is 324 Å². The van der Waals surface area contributed by atoms with E-state index in [9.17, 15) is 32.3 Å². The molecule has 1 aliphatic heterocycles. The van der Waals surface area contributed by atoms with Crippen molar-refractivity contribution < 1.29 is 48.0 Å². The quantitative estimate of drug-likeness (QED) is 0.144. The van der Waals surface area contributed by atoms with Crippen molar-refractivity contribution in [3.63, 3.8) is 0 Å². The number of nitrogens with one attached hydrogen (secondary N) is 4. The standard InChI is InChI=1S/C35H50Cl2N6O4.C2HF3O2/c1-2-39-33(46)35(24-26-12-5-3-6-13-26)17-11-21-43(25-35)32(45)30(23-27-15-16-28(36)29(37)22-27)42-34(47)41-20-10-9-19-40-31(44)14-7-4-8-18-38;3-2(4,5)1(6)7/h3,5-6,12-13,15-16,22,30H,2,4,7-11,14,17-21,23-25,38H2,1H3,(H,39,46)(H,40,44)(H2,41,42,47);(H,6,7)/t30-,35+;/m1./s1. The number of piperidine rings is 1. The number of carbonyl (C=O) groups is 5. The number of rotatable bonds is 18. The summed E-state index contributed by atoms with van der Waals surface area (Å²) in [6, 6.07) is 13.6. The van der Waals surface area contributed by atoms with Crippen LogP contribution in [0.3, 0.4) is 0 Å². The lowest BCUT2D eigenvalue weighted by atomic mass is 9.74. The highest BCUT2D eigenvalue weighted by molar-refractivity contribution is 6.42. The SMILES string of the molecule is CCNC(=O)[C@]1(Cc2ccccc2)CCCN(C(=O)[C@@H](Cc2ccc(Cl)c(Cl)c2)NC(=O)NCCCCNC(=O)CCCCC[NH3+])C1.O=C([O-])C(F)(F)F. The van der Waals surface area contributed by atoms with E-state index in [0.29, 0.717) is 74.7 Å². The van der Waals surface area contributed by atoms with Crippen molar-refractivity contribution in [2.45, 2.75) is 83.4 Å². The second-order valence-electron chi connectivity index (χ2n) is 13.1. The van der Waals surface area contributed by atoms with Gasteiger partial charge in [-0.1, -0.05) is 59.6 Å². The summed E-state index contributed by atoms with van der Waals surface area (Å²) >= 11 is 12.4. The molecule has 2 aromatic carbocycles. The first kappa shape index (κ1) is 46.1. The number of benzene rings is 2. The topological polar surface area (TPSA) is 187 Å². The van der Waals surface area contributed by atoms with Crippen molar-refractivity contribution in [1.29, 1.82) is 0 Å². The average molecular weight is 804 g/mol. The Hall–Kier alpha value is -4.08. The van der Waals surface area contributed by atoms with Crippen molar-refractivity contribution in [3.05, 3.63) is 69.7 Å². The second-order valence-corrected chi connectivity index (χ2v) is 13.9. The van der Waals surface area contributed by atoms with Crippen LogP contribution < -0.4 is 32.1 Å². The van der Waals surface area contributed by atoms with Crippen molar-refractivity contribution in [2.24, 2.45) is 5.41 Å². The van der Waals surface area contributed by atoms with Crippen LogP contribution >= 0.6 is 23.2 Å². The highest BCUT2D eigenvalue weighted by Crippen LogP contribution is 2.35. The largest absolute Gasteiger partial charge is 0.542 e. The van der Waals surface area contributed by atoms with E-state index in [-0.39, 0.29) is 30.7 Å². The molecule has 0 aromatic heterocycles. The fourth-order valence-corrected chi connectivity index (χ4v) is 6.32. The summed E-state index contributed by atoms with van der Waals surface area (Å²) < 4.78 is 31.5. The Bertz CT molecular complexity index is 1520. The van der Waals surface area contributed by atoms with E-state index < -0.39 is 29.6 Å². The van der Waals surface area contributed by atoms with Crippen LogP contribution in [0.4, 0.5) is 18.0 Å². The molecule has 54 heavy (non-hydrogen) atoms. The average Bonchev–Trinajstić information content (AvgIpc) is 3.13. The molecule has 1 heterocycles. The highest BCUT2D eigenvalue weighted by Gasteiger charge is 2.44. The third-order valence-electron chi connectivity index (χ3n) is 8.72. The van der Waals surface area contributed by atoms with Crippen molar-refractivity contribution in [1.82, 2.24) is 26.2 Å². The number of carboxylic acid groups (broad SMARTS) is 1. The highest BCUT2D eigenvalue weighted by atomic mass is 35.5. The van der Waals surface area contributed by atoms with Gasteiger partial charge in [0.15, 0.2) is 0 Å². The van der Waals surface area contributed by atoms with Gasteiger partial charge in [0.25, 0.3) is 0 Å². The summed E-state index contributed by atoms with van der Waals surface area (Å²) in [4.78, 5) is 63.2. The van der Waals surface area contributed by atoms with Gasteiger partial charge in [0.1, 0.15) is 12.0 Å². The number of unbranched alkanes of at least 4 members (excludes halogenated alkanes) is 3. The number of urea groups is 1. The predicted molar refractivity (Wildman–Crippen MR) is 197 cm³/mol. The number of nitrogens with zero attached hydrogens (tertiary/aromatic N) is 1. The van der Waals surface area contributed by atoms with E-state index >= 15 is 0 Å². The van der Waals surface area contributed by atoms with Gasteiger partial charge < -0.3 is 41.8 Å². The van der Waals surface area contributed by atoms with Crippen LogP contribution in [-0.4, -0.2) is 86.1 Å². The van der Waals surface area contributed by atoms with Gasteiger partial charge in [-0.3, -0.25) is 14.4 Å². The second kappa shape index (κ2) is 23.6. The molecule has 1 saturated heterocycles. The van der Waals surface area contributed by atoms with E-state index in [1.165, 1.54) is 0 Å². The third kappa shape index (κ3) is 16.5. The normalized spacial score (nSPS) is 15.9. The Kier molecular flexibility index (Phi) is 20.2. The number of carboxylic acids is 1. The number of amides is 5. The summed E-state index contributed by atoms with van der Waals surface area (Å²) in [6.07, 6.45) is 1.63. The summed E-state index contributed by atoms with van der Waals surface area (Å²) in [5, 5.41) is 21.2. The number of likely N-dealkylation sites (tertiary alicyclic amines) is 1. The molecule has 0 unspecified atom stereocenters. The zero-order chi connectivity index (χ0) is 40.1. The van der Waals surface area contributed by atoms with Gasteiger partial charge in [-0.05, 0) is 81.5 Å². The number of quaternary nitrogens is 1. The minimum atomic E-state index is -5.19. The minimum Gasteiger partial charge on any atom is -0.542 e. The van der Waals surface area contributed by atoms with Crippen LogP contribution in [0.25, 0.3) is 0 Å². The number of alkyl halides is 3. The number of carbonyl (C=O) groups excluding carboxylic acids is 5. The molecule has 0 saturated carbocycles. The smallest absolute Gasteiger partial charge is 0.430 e. The van der Waals surface area contributed by atoms with Crippen LogP contribution in [0, 0.1) is 5.41 Å². The first-order chi connectivity index (χ1) is 25.6. The molecule has 2 aromatic rings. The van der Waals surface area contributed by atoms with Crippen molar-refractivity contribution in [2.75, 3.05) is 39.3 Å². The molecule has 12 nitrogen and oxygen atoms in total. The summed E-state index contributed by atoms with van der Waals surface area (Å²) in [6.45, 7) is 4.93. The van der Waals surface area contributed by atoms with Gasteiger partial charge in [-0.25, -0.2) is 4.79 Å². The lowest BCUT2D eigenvalue weighted by Crippen LogP contribution is -2.59. The number of halogens is 5. The fourth-order valence-electron chi connectivity index (χ4n) is 6.00. The van der Waals surface area contributed by atoms with Crippen molar-refractivity contribution >= 4 is 52.9 Å². The maximum atomic E-state index is 14.2. The van der Waals surface area contributed by atoms with Gasteiger partial charge in [-0.2, -0.15) is 13.2 Å². The van der Waals surface area contributed by atoms with Crippen LogP contribution in [0.1, 0.15) is 69.4 Å². The molecule has 5 amide bonds. The van der Waals surface area contributed by atoms with Crippen molar-refractivity contribution in [3.8, 4) is 0 Å². The third-order valence-corrected chi connectivity index (χ3v) is 9.46. The molecule has 1 fully saturated rings. The predicted octanol–water partition coefficient (Wildman–Crippen LogP) is 3.19. The molecule has 3 rings (SSSR count). The molecular formula is C37H51Cl2F3N6O6. The maximum Gasteiger partial charge on any atom is 0.430 e. The van der Waals surface area contributed by atoms with E-state index in [0.717, 1.165) is 36.9 Å². The van der Waals surface area contributed by atoms with Crippen LogP contribution in [-0.2, 0) is 32.0 Å². The van der Waals surface area contributed by atoms with Gasteiger partial charge >= 0.3 is 12.2 Å². The minimum absolute atomic E-state index is 0.0427. The van der Waals surface area contributed by atoms with Gasteiger partial charge in [0.2, 0.25) is 17.7 Å². The Morgan fingerprint density at radius 2 is 1.57 bits per heavy atom. The molecule has 300 valence electrons. The number of hydrogen-bond acceptors (Lipinski definition) is 6. The molecule has 0 spiro atoms. The number of hydrogen-bond donors (Lipinski definition) is 5. The van der Waals surface area contributed by atoms with Gasteiger partial charge in [0.05, 0.1) is 22.0 Å². The summed E-state index contributed by atoms with van der Waals surface area (Å²) in [5.74, 6) is -3.29. The molecule has 0 bridgehead atoms. The van der Waals surface area contributed by atoms with E-state index in [1.54, 1.807) is 23.1 Å². The van der Waals surface area contributed by atoms with Crippen LogP contribution in [0.5, 0.6) is 0 Å². The lowest BCUT2D eigenvalue weighted by Gasteiger charge is -2.43. The van der Waals surface area contributed by atoms with E-state index in [1.807, 2.05) is 37.3 Å². The molecule has 7 N–H and O–H groups in total. The Morgan fingerprint density at radius 1 is 0.907 bits per heavy atom. The molecule has 1 aliphatic rings. The Balaban J connectivity index is 0.00000131. The molecule has 0 aliphatic carbocycles.